The largest absolute Gasteiger partial charge is 0.467 e. The number of ether oxygens (including phenoxy) is 1. The lowest BCUT2D eigenvalue weighted by Gasteiger charge is -2.03. The standard InChI is InChI=1S/C10H10BrN3O2/c1-13-10(15)14(9(12-13)16-2)8-5-3-7(11)4-6-8/h3-6H,1-2H3. The van der Waals surface area contributed by atoms with Crippen molar-refractivity contribution in [2.24, 2.45) is 7.05 Å². The van der Waals surface area contributed by atoms with Crippen molar-refractivity contribution in [1.82, 2.24) is 14.3 Å². The maximum absolute atomic E-state index is 11.8. The number of hydrogen-bond acceptors (Lipinski definition) is 3. The van der Waals surface area contributed by atoms with Crippen LogP contribution < -0.4 is 10.4 Å². The fourth-order valence-electron chi connectivity index (χ4n) is 1.39. The summed E-state index contributed by atoms with van der Waals surface area (Å²) in [6, 6.07) is 7.61. The minimum absolute atomic E-state index is 0.237. The molecule has 84 valence electrons. The maximum Gasteiger partial charge on any atom is 0.353 e. The van der Waals surface area contributed by atoms with Gasteiger partial charge < -0.3 is 4.74 Å². The molecule has 16 heavy (non-hydrogen) atoms. The molecule has 0 unspecified atom stereocenters. The van der Waals surface area contributed by atoms with Crippen LogP contribution in [0, 0.1) is 0 Å². The molecule has 0 saturated heterocycles. The predicted molar refractivity (Wildman–Crippen MR) is 63.1 cm³/mol. The van der Waals surface area contributed by atoms with Crippen molar-refractivity contribution in [3.63, 3.8) is 0 Å². The topological polar surface area (TPSA) is 49.1 Å². The number of benzene rings is 1. The zero-order valence-corrected chi connectivity index (χ0v) is 10.4. The second kappa shape index (κ2) is 4.13. The van der Waals surface area contributed by atoms with Gasteiger partial charge in [0, 0.05) is 11.5 Å². The van der Waals surface area contributed by atoms with Crippen LogP contribution in [-0.2, 0) is 7.05 Å². The van der Waals surface area contributed by atoms with Crippen molar-refractivity contribution in [3.05, 3.63) is 39.2 Å². The number of methoxy groups -OCH3 is 1. The zero-order chi connectivity index (χ0) is 11.7. The summed E-state index contributed by atoms with van der Waals surface area (Å²) in [5.74, 6) is 0. The van der Waals surface area contributed by atoms with E-state index in [0.717, 1.165) is 10.2 Å². The first kappa shape index (κ1) is 10.9. The lowest BCUT2D eigenvalue weighted by molar-refractivity contribution is 0.368. The highest BCUT2D eigenvalue weighted by Gasteiger charge is 2.12. The van der Waals surface area contributed by atoms with Gasteiger partial charge in [-0.3, -0.25) is 0 Å². The summed E-state index contributed by atoms with van der Waals surface area (Å²) >= 11 is 3.34. The lowest BCUT2D eigenvalue weighted by atomic mass is 10.3. The number of nitrogens with zero attached hydrogens (tertiary/aromatic N) is 3. The molecule has 0 aliphatic carbocycles. The Labute approximate surface area is 100 Å². The first-order chi connectivity index (χ1) is 7.63. The van der Waals surface area contributed by atoms with E-state index in [1.807, 2.05) is 24.3 Å². The molecule has 0 fully saturated rings. The van der Waals surface area contributed by atoms with Crippen molar-refractivity contribution in [2.45, 2.75) is 0 Å². The molecule has 1 aromatic heterocycles. The SMILES string of the molecule is COc1nn(C)c(=O)n1-c1ccc(Br)cc1. The molecule has 5 nitrogen and oxygen atoms in total. The molecule has 0 radical (unpaired) electrons. The molecule has 1 aromatic carbocycles. The molecule has 0 amide bonds. The van der Waals surface area contributed by atoms with Gasteiger partial charge in [0.1, 0.15) is 0 Å². The van der Waals surface area contributed by atoms with E-state index >= 15 is 0 Å². The van der Waals surface area contributed by atoms with E-state index in [-0.39, 0.29) is 11.7 Å². The summed E-state index contributed by atoms with van der Waals surface area (Å²) in [6.07, 6.45) is 0. The zero-order valence-electron chi connectivity index (χ0n) is 8.85. The Bertz CT molecular complexity index is 556. The smallest absolute Gasteiger partial charge is 0.353 e. The molecule has 0 spiro atoms. The van der Waals surface area contributed by atoms with Crippen molar-refractivity contribution in [2.75, 3.05) is 7.11 Å². The van der Waals surface area contributed by atoms with Crippen LogP contribution >= 0.6 is 15.9 Å². The first-order valence-corrected chi connectivity index (χ1v) is 5.39. The Kier molecular flexibility index (Phi) is 2.82. The molecule has 6 heteroatoms. The normalized spacial score (nSPS) is 10.4. The molecule has 0 aliphatic heterocycles. The summed E-state index contributed by atoms with van der Waals surface area (Å²) in [6.45, 7) is 0. The number of halogens is 1. The number of rotatable bonds is 2. The number of hydrogen-bond donors (Lipinski definition) is 0. The van der Waals surface area contributed by atoms with Gasteiger partial charge in [0.05, 0.1) is 12.8 Å². The second-order valence-corrected chi connectivity index (χ2v) is 4.12. The van der Waals surface area contributed by atoms with Crippen molar-refractivity contribution < 1.29 is 4.74 Å². The fourth-order valence-corrected chi connectivity index (χ4v) is 1.65. The summed E-state index contributed by atoms with van der Waals surface area (Å²) in [5.41, 5.74) is 0.484. The van der Waals surface area contributed by atoms with Crippen LogP contribution in [0.4, 0.5) is 0 Å². The Hall–Kier alpha value is -1.56. The second-order valence-electron chi connectivity index (χ2n) is 3.20. The average molecular weight is 284 g/mol. The van der Waals surface area contributed by atoms with Crippen LogP contribution in [0.1, 0.15) is 0 Å². The third-order valence-electron chi connectivity index (χ3n) is 2.16. The lowest BCUT2D eigenvalue weighted by Crippen LogP contribution is -2.21. The Morgan fingerprint density at radius 3 is 2.50 bits per heavy atom. The fraction of sp³-hybridized carbons (Fsp3) is 0.200. The van der Waals surface area contributed by atoms with E-state index in [4.69, 9.17) is 4.74 Å². The quantitative estimate of drug-likeness (QED) is 0.836. The Balaban J connectivity index is 2.63. The molecule has 1 heterocycles. The Morgan fingerprint density at radius 2 is 1.94 bits per heavy atom. The molecule has 0 saturated carbocycles. The van der Waals surface area contributed by atoms with Gasteiger partial charge in [-0.1, -0.05) is 15.9 Å². The number of aryl methyl sites for hydroxylation is 1. The van der Waals surface area contributed by atoms with Gasteiger partial charge >= 0.3 is 11.7 Å². The molecule has 0 N–H and O–H groups in total. The van der Waals surface area contributed by atoms with Crippen LogP contribution in [-0.4, -0.2) is 21.5 Å². The van der Waals surface area contributed by atoms with E-state index in [2.05, 4.69) is 21.0 Å². The predicted octanol–water partition coefficient (Wildman–Crippen LogP) is 1.34. The van der Waals surface area contributed by atoms with E-state index in [0.29, 0.717) is 0 Å². The first-order valence-electron chi connectivity index (χ1n) is 4.59. The van der Waals surface area contributed by atoms with Gasteiger partial charge in [0.15, 0.2) is 0 Å². The number of aromatic nitrogens is 3. The van der Waals surface area contributed by atoms with Crippen LogP contribution in [0.3, 0.4) is 0 Å². The third-order valence-corrected chi connectivity index (χ3v) is 2.69. The highest BCUT2D eigenvalue weighted by Crippen LogP contribution is 2.16. The van der Waals surface area contributed by atoms with E-state index in [1.54, 1.807) is 7.05 Å². The van der Waals surface area contributed by atoms with Crippen LogP contribution in [0.25, 0.3) is 5.69 Å². The molecule has 2 aromatic rings. The summed E-state index contributed by atoms with van der Waals surface area (Å²) in [5, 5.41) is 3.96. The van der Waals surface area contributed by atoms with Gasteiger partial charge in [-0.15, -0.1) is 5.10 Å². The molecule has 0 aliphatic rings. The van der Waals surface area contributed by atoms with Crippen molar-refractivity contribution >= 4 is 15.9 Å². The third kappa shape index (κ3) is 1.76. The minimum Gasteiger partial charge on any atom is -0.467 e. The Morgan fingerprint density at radius 1 is 1.31 bits per heavy atom. The summed E-state index contributed by atoms with van der Waals surface area (Å²) in [4.78, 5) is 11.8. The van der Waals surface area contributed by atoms with E-state index in [1.165, 1.54) is 16.4 Å². The van der Waals surface area contributed by atoms with Gasteiger partial charge in [-0.25, -0.2) is 14.0 Å². The molecule has 2 rings (SSSR count). The molecular weight excluding hydrogens is 274 g/mol. The van der Waals surface area contributed by atoms with Gasteiger partial charge in [0.2, 0.25) is 0 Å². The maximum atomic E-state index is 11.8. The van der Waals surface area contributed by atoms with E-state index in [9.17, 15) is 4.79 Å². The monoisotopic (exact) mass is 283 g/mol. The van der Waals surface area contributed by atoms with Crippen LogP contribution in [0.2, 0.25) is 0 Å². The molecule has 0 atom stereocenters. The molecular formula is C10H10BrN3O2. The van der Waals surface area contributed by atoms with Crippen molar-refractivity contribution in [1.29, 1.82) is 0 Å². The summed E-state index contributed by atoms with van der Waals surface area (Å²) < 4.78 is 8.65. The minimum atomic E-state index is -0.237. The molecule has 0 bridgehead atoms. The average Bonchev–Trinajstić information content (AvgIpc) is 2.57. The highest BCUT2D eigenvalue weighted by molar-refractivity contribution is 9.10. The van der Waals surface area contributed by atoms with Gasteiger partial charge in [-0.05, 0) is 24.3 Å². The van der Waals surface area contributed by atoms with Crippen LogP contribution in [0.5, 0.6) is 6.01 Å². The van der Waals surface area contributed by atoms with Crippen LogP contribution in [0.15, 0.2) is 33.5 Å². The summed E-state index contributed by atoms with van der Waals surface area (Å²) in [7, 11) is 3.07. The van der Waals surface area contributed by atoms with Gasteiger partial charge in [0.25, 0.3) is 0 Å². The highest BCUT2D eigenvalue weighted by atomic mass is 79.9. The van der Waals surface area contributed by atoms with E-state index < -0.39 is 0 Å². The van der Waals surface area contributed by atoms with Gasteiger partial charge in [-0.2, -0.15) is 0 Å². The van der Waals surface area contributed by atoms with Crippen molar-refractivity contribution in [3.8, 4) is 11.7 Å².